The molecule has 1 aromatic rings. The molecule has 1 aliphatic carbocycles. The molecular formula is C12H18N4O2S. The molecule has 1 aromatic heterocycles. The zero-order valence-electron chi connectivity index (χ0n) is 10.8. The first-order valence-corrected chi connectivity index (χ1v) is 7.14. The minimum Gasteiger partial charge on any atom is -0.409 e. The first-order valence-electron chi connectivity index (χ1n) is 6.32. The maximum absolute atomic E-state index is 12.2. The first-order chi connectivity index (χ1) is 9.12. The van der Waals surface area contributed by atoms with Gasteiger partial charge in [-0.2, -0.15) is 0 Å². The summed E-state index contributed by atoms with van der Waals surface area (Å²) in [6, 6.07) is 0. The Hall–Kier alpha value is -1.63. The number of nitrogens with two attached hydrogens (primary N) is 1. The Kier molecular flexibility index (Phi) is 4.04. The molecule has 104 valence electrons. The van der Waals surface area contributed by atoms with E-state index in [1.165, 1.54) is 4.88 Å². The van der Waals surface area contributed by atoms with E-state index >= 15 is 0 Å². The fraction of sp³-hybridized carbons (Fsp3) is 0.583. The van der Waals surface area contributed by atoms with Crippen LogP contribution in [0.25, 0.3) is 0 Å². The van der Waals surface area contributed by atoms with Crippen molar-refractivity contribution in [2.75, 3.05) is 0 Å². The summed E-state index contributed by atoms with van der Waals surface area (Å²) in [6.45, 7) is 2.46. The van der Waals surface area contributed by atoms with Crippen LogP contribution in [0.5, 0.6) is 0 Å². The molecular weight excluding hydrogens is 264 g/mol. The standard InChI is InChI=1S/C12H18N4O2S/c1-2-8-6-14-9(19-8)7-15-11(17)12(4-3-5-12)10(13)16-18/h6,18H,2-5,7H2,1H3,(H2,13,16)(H,15,17). The predicted molar refractivity (Wildman–Crippen MR) is 73.0 cm³/mol. The van der Waals surface area contributed by atoms with Crippen LogP contribution in [0.3, 0.4) is 0 Å². The quantitative estimate of drug-likeness (QED) is 0.327. The number of nitrogens with one attached hydrogen (secondary N) is 1. The number of aryl methyl sites for hydroxylation is 1. The van der Waals surface area contributed by atoms with Gasteiger partial charge in [-0.25, -0.2) is 4.98 Å². The van der Waals surface area contributed by atoms with Gasteiger partial charge in [0, 0.05) is 11.1 Å². The summed E-state index contributed by atoms with van der Waals surface area (Å²) in [4.78, 5) is 17.6. The normalized spacial score (nSPS) is 17.8. The fourth-order valence-corrected chi connectivity index (χ4v) is 2.95. The Morgan fingerprint density at radius 2 is 2.42 bits per heavy atom. The molecule has 0 aliphatic heterocycles. The molecule has 0 atom stereocenters. The number of rotatable bonds is 5. The molecule has 0 saturated heterocycles. The molecule has 7 heteroatoms. The zero-order chi connectivity index (χ0) is 13.9. The third-order valence-electron chi connectivity index (χ3n) is 3.59. The lowest BCUT2D eigenvalue weighted by molar-refractivity contribution is -0.131. The third kappa shape index (κ3) is 2.56. The number of hydrogen-bond acceptors (Lipinski definition) is 5. The topological polar surface area (TPSA) is 101 Å². The Morgan fingerprint density at radius 1 is 1.68 bits per heavy atom. The summed E-state index contributed by atoms with van der Waals surface area (Å²) >= 11 is 1.59. The number of hydrogen-bond donors (Lipinski definition) is 3. The highest BCUT2D eigenvalue weighted by molar-refractivity contribution is 7.11. The van der Waals surface area contributed by atoms with Crippen molar-refractivity contribution >= 4 is 23.1 Å². The minimum absolute atomic E-state index is 0.00429. The zero-order valence-corrected chi connectivity index (χ0v) is 11.7. The van der Waals surface area contributed by atoms with E-state index in [2.05, 4.69) is 22.4 Å². The molecule has 1 heterocycles. The Bertz CT molecular complexity index is 494. The molecule has 19 heavy (non-hydrogen) atoms. The van der Waals surface area contributed by atoms with Gasteiger partial charge >= 0.3 is 0 Å². The highest BCUT2D eigenvalue weighted by atomic mass is 32.1. The summed E-state index contributed by atoms with van der Waals surface area (Å²) < 4.78 is 0. The molecule has 1 aliphatic rings. The molecule has 1 fully saturated rings. The molecule has 1 amide bonds. The predicted octanol–water partition coefficient (Wildman–Crippen LogP) is 1.24. The number of amides is 1. The second-order valence-corrected chi connectivity index (χ2v) is 5.88. The second kappa shape index (κ2) is 5.56. The highest BCUT2D eigenvalue weighted by Gasteiger charge is 2.48. The van der Waals surface area contributed by atoms with Gasteiger partial charge in [-0.3, -0.25) is 4.79 Å². The summed E-state index contributed by atoms with van der Waals surface area (Å²) in [5.74, 6) is -0.174. The van der Waals surface area contributed by atoms with Crippen molar-refractivity contribution in [3.05, 3.63) is 16.1 Å². The van der Waals surface area contributed by atoms with E-state index in [1.54, 1.807) is 11.3 Å². The smallest absolute Gasteiger partial charge is 0.234 e. The summed E-state index contributed by atoms with van der Waals surface area (Å²) in [5, 5.41) is 15.5. The molecule has 4 N–H and O–H groups in total. The summed E-state index contributed by atoms with van der Waals surface area (Å²) in [7, 11) is 0. The Balaban J connectivity index is 1.97. The lowest BCUT2D eigenvalue weighted by Crippen LogP contribution is -2.53. The van der Waals surface area contributed by atoms with Crippen LogP contribution in [-0.2, 0) is 17.8 Å². The van der Waals surface area contributed by atoms with E-state index in [-0.39, 0.29) is 11.7 Å². The molecule has 0 bridgehead atoms. The van der Waals surface area contributed by atoms with Crippen molar-refractivity contribution in [2.24, 2.45) is 16.3 Å². The number of carbonyl (C=O) groups excluding carboxylic acids is 1. The van der Waals surface area contributed by atoms with E-state index in [0.717, 1.165) is 17.8 Å². The van der Waals surface area contributed by atoms with E-state index in [0.29, 0.717) is 19.4 Å². The van der Waals surface area contributed by atoms with Gasteiger partial charge in [-0.05, 0) is 19.3 Å². The van der Waals surface area contributed by atoms with Crippen molar-refractivity contribution in [2.45, 2.75) is 39.2 Å². The first kappa shape index (κ1) is 13.8. The van der Waals surface area contributed by atoms with Crippen molar-refractivity contribution in [3.63, 3.8) is 0 Å². The average molecular weight is 282 g/mol. The van der Waals surface area contributed by atoms with Gasteiger partial charge in [0.1, 0.15) is 10.4 Å². The second-order valence-electron chi connectivity index (χ2n) is 4.68. The van der Waals surface area contributed by atoms with Crippen LogP contribution in [-0.4, -0.2) is 21.9 Å². The van der Waals surface area contributed by atoms with Gasteiger partial charge < -0.3 is 16.3 Å². The van der Waals surface area contributed by atoms with Gasteiger partial charge in [0.05, 0.1) is 6.54 Å². The van der Waals surface area contributed by atoms with Crippen LogP contribution in [0, 0.1) is 5.41 Å². The van der Waals surface area contributed by atoms with Gasteiger partial charge in [-0.1, -0.05) is 18.5 Å². The van der Waals surface area contributed by atoms with Crippen molar-refractivity contribution in [3.8, 4) is 0 Å². The number of thiazole rings is 1. The van der Waals surface area contributed by atoms with E-state index < -0.39 is 5.41 Å². The number of aromatic nitrogens is 1. The summed E-state index contributed by atoms with van der Waals surface area (Å²) in [6.07, 6.45) is 4.95. The van der Waals surface area contributed by atoms with Crippen LogP contribution >= 0.6 is 11.3 Å². The number of amidine groups is 1. The van der Waals surface area contributed by atoms with Gasteiger partial charge in [-0.15, -0.1) is 11.3 Å². The molecule has 0 aromatic carbocycles. The monoisotopic (exact) mass is 282 g/mol. The van der Waals surface area contributed by atoms with E-state index in [4.69, 9.17) is 10.9 Å². The lowest BCUT2D eigenvalue weighted by atomic mass is 9.67. The van der Waals surface area contributed by atoms with Crippen molar-refractivity contribution in [1.29, 1.82) is 0 Å². The van der Waals surface area contributed by atoms with Crippen molar-refractivity contribution < 1.29 is 10.0 Å². The van der Waals surface area contributed by atoms with Crippen molar-refractivity contribution in [1.82, 2.24) is 10.3 Å². The third-order valence-corrected chi connectivity index (χ3v) is 4.73. The Morgan fingerprint density at radius 3 is 2.89 bits per heavy atom. The maximum atomic E-state index is 12.2. The molecule has 0 spiro atoms. The van der Waals surface area contributed by atoms with Crippen LogP contribution in [0.1, 0.15) is 36.1 Å². The lowest BCUT2D eigenvalue weighted by Gasteiger charge is -2.38. The minimum atomic E-state index is -0.820. The fourth-order valence-electron chi connectivity index (χ4n) is 2.14. The van der Waals surface area contributed by atoms with Crippen LogP contribution in [0.15, 0.2) is 11.4 Å². The van der Waals surface area contributed by atoms with Crippen LogP contribution in [0.4, 0.5) is 0 Å². The molecule has 2 rings (SSSR count). The molecule has 1 saturated carbocycles. The van der Waals surface area contributed by atoms with E-state index in [9.17, 15) is 4.79 Å². The molecule has 0 unspecified atom stereocenters. The highest BCUT2D eigenvalue weighted by Crippen LogP contribution is 2.41. The number of carbonyl (C=O) groups is 1. The van der Waals surface area contributed by atoms with Gasteiger partial charge in [0.15, 0.2) is 5.84 Å². The SMILES string of the molecule is CCc1cnc(CNC(=O)C2(C(N)=NO)CCC2)s1. The molecule has 0 radical (unpaired) electrons. The maximum Gasteiger partial charge on any atom is 0.234 e. The Labute approximate surface area is 115 Å². The van der Waals surface area contributed by atoms with E-state index in [1.807, 2.05) is 6.20 Å². The van der Waals surface area contributed by atoms with Crippen LogP contribution < -0.4 is 11.1 Å². The number of nitrogens with zero attached hydrogens (tertiary/aromatic N) is 2. The average Bonchev–Trinajstić information content (AvgIpc) is 2.82. The summed E-state index contributed by atoms with van der Waals surface area (Å²) in [5.41, 5.74) is 4.82. The number of oxime groups is 1. The van der Waals surface area contributed by atoms with Crippen LogP contribution in [0.2, 0.25) is 0 Å². The molecule has 6 nitrogen and oxygen atoms in total. The van der Waals surface area contributed by atoms with Gasteiger partial charge in [0.25, 0.3) is 0 Å². The van der Waals surface area contributed by atoms with Gasteiger partial charge in [0.2, 0.25) is 5.91 Å². The largest absolute Gasteiger partial charge is 0.409 e.